The lowest BCUT2D eigenvalue weighted by Crippen LogP contribution is -2.44. The lowest BCUT2D eigenvalue weighted by molar-refractivity contribution is 0.156. The molecule has 3 heteroatoms. The first-order chi connectivity index (χ1) is 9.20. The normalized spacial score (nSPS) is 22.3. The van der Waals surface area contributed by atoms with E-state index in [1.165, 1.54) is 25.9 Å². The molecular formula is C16H26N2O. The van der Waals surface area contributed by atoms with Gasteiger partial charge in [0.25, 0.3) is 0 Å². The highest BCUT2D eigenvalue weighted by molar-refractivity contribution is 5.31. The fraction of sp³-hybridized carbons (Fsp3) is 0.625. The lowest BCUT2D eigenvalue weighted by atomic mass is 9.91. The SMILES string of the molecule is CCN1CCCC(C(C)NCc2ccccc2O)C1. The van der Waals surface area contributed by atoms with Gasteiger partial charge < -0.3 is 15.3 Å². The third kappa shape index (κ3) is 3.95. The maximum Gasteiger partial charge on any atom is 0.120 e. The zero-order chi connectivity index (χ0) is 13.7. The summed E-state index contributed by atoms with van der Waals surface area (Å²) in [5, 5.41) is 13.3. The number of likely N-dealkylation sites (tertiary alicyclic amines) is 1. The van der Waals surface area contributed by atoms with Crippen molar-refractivity contribution in [1.29, 1.82) is 0 Å². The van der Waals surface area contributed by atoms with Gasteiger partial charge in [0, 0.05) is 24.7 Å². The molecule has 2 rings (SSSR count). The molecule has 2 atom stereocenters. The van der Waals surface area contributed by atoms with E-state index in [0.717, 1.165) is 24.6 Å². The highest BCUT2D eigenvalue weighted by Crippen LogP contribution is 2.21. The Morgan fingerprint density at radius 2 is 2.21 bits per heavy atom. The Kier molecular flexibility index (Phi) is 5.23. The summed E-state index contributed by atoms with van der Waals surface area (Å²) in [6, 6.07) is 8.06. The summed E-state index contributed by atoms with van der Waals surface area (Å²) in [6.45, 7) is 8.86. The van der Waals surface area contributed by atoms with Crippen LogP contribution in [-0.2, 0) is 6.54 Å². The van der Waals surface area contributed by atoms with Crippen LogP contribution in [0.2, 0.25) is 0 Å². The molecule has 1 aromatic rings. The fourth-order valence-electron chi connectivity index (χ4n) is 2.88. The van der Waals surface area contributed by atoms with E-state index in [4.69, 9.17) is 0 Å². The number of phenolic OH excluding ortho intramolecular Hbond substituents is 1. The molecule has 1 aliphatic rings. The second-order valence-corrected chi connectivity index (χ2v) is 5.59. The zero-order valence-corrected chi connectivity index (χ0v) is 12.1. The molecule has 0 saturated carbocycles. The molecule has 1 fully saturated rings. The summed E-state index contributed by atoms with van der Waals surface area (Å²) < 4.78 is 0. The van der Waals surface area contributed by atoms with Crippen molar-refractivity contribution in [3.63, 3.8) is 0 Å². The van der Waals surface area contributed by atoms with Crippen LogP contribution in [-0.4, -0.2) is 35.7 Å². The van der Waals surface area contributed by atoms with Gasteiger partial charge in [-0.3, -0.25) is 0 Å². The van der Waals surface area contributed by atoms with E-state index < -0.39 is 0 Å². The summed E-state index contributed by atoms with van der Waals surface area (Å²) in [5.41, 5.74) is 0.984. The molecule has 0 aromatic heterocycles. The number of hydrogen-bond acceptors (Lipinski definition) is 3. The minimum Gasteiger partial charge on any atom is -0.508 e. The maximum absolute atomic E-state index is 9.77. The Balaban J connectivity index is 1.84. The number of aromatic hydroxyl groups is 1. The molecule has 0 bridgehead atoms. The van der Waals surface area contributed by atoms with Gasteiger partial charge >= 0.3 is 0 Å². The van der Waals surface area contributed by atoms with Crippen molar-refractivity contribution in [2.75, 3.05) is 19.6 Å². The van der Waals surface area contributed by atoms with Crippen LogP contribution >= 0.6 is 0 Å². The average molecular weight is 262 g/mol. The molecule has 2 unspecified atom stereocenters. The first kappa shape index (κ1) is 14.4. The highest BCUT2D eigenvalue weighted by Gasteiger charge is 2.23. The molecule has 0 spiro atoms. The smallest absolute Gasteiger partial charge is 0.120 e. The van der Waals surface area contributed by atoms with Crippen LogP contribution in [0.1, 0.15) is 32.3 Å². The van der Waals surface area contributed by atoms with Crippen LogP contribution in [0.5, 0.6) is 5.75 Å². The second-order valence-electron chi connectivity index (χ2n) is 5.59. The van der Waals surface area contributed by atoms with Crippen LogP contribution in [0.25, 0.3) is 0 Å². The van der Waals surface area contributed by atoms with E-state index in [0.29, 0.717) is 11.8 Å². The Labute approximate surface area is 116 Å². The van der Waals surface area contributed by atoms with Crippen molar-refractivity contribution in [3.05, 3.63) is 29.8 Å². The number of piperidine rings is 1. The molecule has 1 saturated heterocycles. The first-order valence-electron chi connectivity index (χ1n) is 7.43. The van der Waals surface area contributed by atoms with Gasteiger partial charge in [-0.05, 0) is 44.8 Å². The monoisotopic (exact) mass is 262 g/mol. The van der Waals surface area contributed by atoms with E-state index >= 15 is 0 Å². The van der Waals surface area contributed by atoms with E-state index in [2.05, 4.69) is 24.1 Å². The molecule has 0 aliphatic carbocycles. The molecule has 0 amide bonds. The first-order valence-corrected chi connectivity index (χ1v) is 7.43. The van der Waals surface area contributed by atoms with E-state index in [9.17, 15) is 5.11 Å². The summed E-state index contributed by atoms with van der Waals surface area (Å²) in [4.78, 5) is 2.53. The molecule has 106 valence electrons. The number of para-hydroxylation sites is 1. The zero-order valence-electron chi connectivity index (χ0n) is 12.1. The molecule has 19 heavy (non-hydrogen) atoms. The van der Waals surface area contributed by atoms with Crippen LogP contribution in [0, 0.1) is 5.92 Å². The van der Waals surface area contributed by atoms with E-state index in [1.54, 1.807) is 6.07 Å². The number of rotatable bonds is 5. The van der Waals surface area contributed by atoms with Crippen molar-refractivity contribution in [3.8, 4) is 5.75 Å². The summed E-state index contributed by atoms with van der Waals surface area (Å²) in [7, 11) is 0. The number of benzene rings is 1. The number of nitrogens with zero attached hydrogens (tertiary/aromatic N) is 1. The summed E-state index contributed by atoms with van der Waals surface area (Å²) in [5.74, 6) is 1.11. The van der Waals surface area contributed by atoms with Gasteiger partial charge in [-0.1, -0.05) is 25.1 Å². The molecular weight excluding hydrogens is 236 g/mol. The summed E-state index contributed by atoms with van der Waals surface area (Å²) >= 11 is 0. The predicted octanol–water partition coefficient (Wildman–Crippen LogP) is 2.60. The molecule has 0 radical (unpaired) electrons. The average Bonchev–Trinajstić information content (AvgIpc) is 2.46. The van der Waals surface area contributed by atoms with E-state index in [-0.39, 0.29) is 0 Å². The van der Waals surface area contributed by atoms with Crippen molar-refractivity contribution < 1.29 is 5.11 Å². The van der Waals surface area contributed by atoms with Crippen molar-refractivity contribution in [1.82, 2.24) is 10.2 Å². The minimum atomic E-state index is 0.390. The Bertz CT molecular complexity index is 394. The van der Waals surface area contributed by atoms with Crippen LogP contribution in [0.4, 0.5) is 0 Å². The van der Waals surface area contributed by atoms with Crippen LogP contribution < -0.4 is 5.32 Å². The van der Waals surface area contributed by atoms with Crippen molar-refractivity contribution in [2.24, 2.45) is 5.92 Å². The number of hydrogen-bond donors (Lipinski definition) is 2. The number of phenols is 1. The molecule has 1 heterocycles. The van der Waals surface area contributed by atoms with Gasteiger partial charge in [-0.25, -0.2) is 0 Å². The Hall–Kier alpha value is -1.06. The largest absolute Gasteiger partial charge is 0.508 e. The van der Waals surface area contributed by atoms with Gasteiger partial charge in [0.1, 0.15) is 5.75 Å². The maximum atomic E-state index is 9.77. The van der Waals surface area contributed by atoms with Crippen molar-refractivity contribution in [2.45, 2.75) is 39.3 Å². The van der Waals surface area contributed by atoms with Gasteiger partial charge in [0.15, 0.2) is 0 Å². The van der Waals surface area contributed by atoms with Gasteiger partial charge in [0.2, 0.25) is 0 Å². The topological polar surface area (TPSA) is 35.5 Å². The lowest BCUT2D eigenvalue weighted by Gasteiger charge is -2.35. The van der Waals surface area contributed by atoms with Crippen LogP contribution in [0.3, 0.4) is 0 Å². The third-order valence-electron chi connectivity index (χ3n) is 4.30. The van der Waals surface area contributed by atoms with Crippen molar-refractivity contribution >= 4 is 0 Å². The number of nitrogens with one attached hydrogen (secondary N) is 1. The highest BCUT2D eigenvalue weighted by atomic mass is 16.3. The molecule has 1 aliphatic heterocycles. The molecule has 3 nitrogen and oxygen atoms in total. The Morgan fingerprint density at radius 3 is 2.95 bits per heavy atom. The minimum absolute atomic E-state index is 0.390. The van der Waals surface area contributed by atoms with Gasteiger partial charge in [-0.2, -0.15) is 0 Å². The fourth-order valence-corrected chi connectivity index (χ4v) is 2.88. The molecule has 2 N–H and O–H groups in total. The summed E-state index contributed by atoms with van der Waals surface area (Å²) in [6.07, 6.45) is 2.62. The second kappa shape index (κ2) is 6.92. The van der Waals surface area contributed by atoms with Gasteiger partial charge in [-0.15, -0.1) is 0 Å². The quantitative estimate of drug-likeness (QED) is 0.856. The van der Waals surface area contributed by atoms with E-state index in [1.807, 2.05) is 18.2 Å². The third-order valence-corrected chi connectivity index (χ3v) is 4.30. The van der Waals surface area contributed by atoms with Crippen LogP contribution in [0.15, 0.2) is 24.3 Å². The standard InChI is InChI=1S/C16H26N2O/c1-3-18-10-6-8-15(12-18)13(2)17-11-14-7-4-5-9-16(14)19/h4-5,7,9,13,15,17,19H,3,6,8,10-12H2,1-2H3. The Morgan fingerprint density at radius 1 is 1.42 bits per heavy atom. The predicted molar refractivity (Wildman–Crippen MR) is 79.2 cm³/mol. The molecule has 1 aromatic carbocycles. The van der Waals surface area contributed by atoms with Gasteiger partial charge in [0.05, 0.1) is 0 Å².